The van der Waals surface area contributed by atoms with Gasteiger partial charge in [0.15, 0.2) is 5.03 Å². The van der Waals surface area contributed by atoms with Crippen molar-refractivity contribution in [1.82, 2.24) is 9.80 Å². The quantitative estimate of drug-likeness (QED) is 0.591. The van der Waals surface area contributed by atoms with Crippen LogP contribution >= 0.6 is 0 Å². The lowest BCUT2D eigenvalue weighted by Gasteiger charge is -2.22. The lowest BCUT2D eigenvalue weighted by molar-refractivity contribution is -0.486. The molecule has 2 saturated heterocycles. The molecule has 2 fully saturated rings. The lowest BCUT2D eigenvalue weighted by atomic mass is 10.1. The zero-order valence-electron chi connectivity index (χ0n) is 15.8. The van der Waals surface area contributed by atoms with E-state index in [1.54, 1.807) is 4.90 Å². The van der Waals surface area contributed by atoms with Crippen molar-refractivity contribution in [1.29, 1.82) is 0 Å². The molecule has 2 aliphatic heterocycles. The zero-order chi connectivity index (χ0) is 19.6. The van der Waals surface area contributed by atoms with Gasteiger partial charge in [-0.05, 0) is 38.3 Å². The average molecular weight is 376 g/mol. The van der Waals surface area contributed by atoms with Gasteiger partial charge in [-0.2, -0.15) is 0 Å². The molecular weight excluding hydrogens is 352 g/mol. The topological polar surface area (TPSA) is 97.5 Å². The van der Waals surface area contributed by atoms with Crippen molar-refractivity contribution >= 4 is 12.1 Å². The number of rotatable bonds is 4. The molecule has 0 spiro atoms. The standard InChI is InChI=1S/C18H24N4O5/c1-12-5-4-6-13(2)16(12)27-18(23)21-8-7-20(17(21)19-22(24)25)10-15-9-14(3)26-11-15/h4-6,14-15H,7-11H2,1-3H3. The molecule has 1 aromatic carbocycles. The first-order valence-electron chi connectivity index (χ1n) is 9.00. The molecule has 1 aromatic rings. The number of hydrazone groups is 1. The molecule has 2 atom stereocenters. The molecule has 3 rings (SSSR count). The van der Waals surface area contributed by atoms with Crippen LogP contribution in [0.3, 0.4) is 0 Å². The highest BCUT2D eigenvalue weighted by Gasteiger charge is 2.37. The normalized spacial score (nSPS) is 23.9. The molecular formula is C18H24N4O5. The van der Waals surface area contributed by atoms with E-state index >= 15 is 0 Å². The Hall–Kier alpha value is -2.68. The van der Waals surface area contributed by atoms with E-state index in [4.69, 9.17) is 9.47 Å². The van der Waals surface area contributed by atoms with Crippen LogP contribution in [0.2, 0.25) is 0 Å². The third-order valence-electron chi connectivity index (χ3n) is 4.87. The molecule has 1 amide bonds. The fraction of sp³-hybridized carbons (Fsp3) is 0.556. The largest absolute Gasteiger partial charge is 0.422 e. The number of ether oxygens (including phenoxy) is 2. The molecule has 146 valence electrons. The molecule has 0 aromatic heterocycles. The van der Waals surface area contributed by atoms with Gasteiger partial charge in [-0.25, -0.2) is 19.8 Å². The number of hydrogen-bond acceptors (Lipinski definition) is 5. The van der Waals surface area contributed by atoms with E-state index in [2.05, 4.69) is 5.10 Å². The second-order valence-electron chi connectivity index (χ2n) is 7.07. The van der Waals surface area contributed by atoms with Crippen molar-refractivity contribution in [2.75, 3.05) is 26.2 Å². The maximum atomic E-state index is 12.7. The first-order valence-corrected chi connectivity index (χ1v) is 9.00. The minimum Gasteiger partial charge on any atom is -0.409 e. The number of nitrogens with zero attached hydrogens (tertiary/aromatic N) is 4. The van der Waals surface area contributed by atoms with Gasteiger partial charge in [0.1, 0.15) is 10.9 Å². The maximum Gasteiger partial charge on any atom is 0.422 e. The summed E-state index contributed by atoms with van der Waals surface area (Å²) in [5.41, 5.74) is 1.65. The molecule has 0 bridgehead atoms. The predicted octanol–water partition coefficient (Wildman–Crippen LogP) is 2.39. The lowest BCUT2D eigenvalue weighted by Crippen LogP contribution is -2.41. The van der Waals surface area contributed by atoms with Gasteiger partial charge < -0.3 is 14.4 Å². The Morgan fingerprint density at radius 2 is 2.07 bits per heavy atom. The van der Waals surface area contributed by atoms with Gasteiger partial charge in [0, 0.05) is 19.0 Å². The van der Waals surface area contributed by atoms with Crippen LogP contribution in [0.1, 0.15) is 24.5 Å². The Bertz CT molecular complexity index is 746. The van der Waals surface area contributed by atoms with E-state index in [0.717, 1.165) is 17.5 Å². The number of amides is 1. The molecule has 0 N–H and O–H groups in total. The van der Waals surface area contributed by atoms with Crippen molar-refractivity contribution in [3.05, 3.63) is 39.4 Å². The Kier molecular flexibility index (Phi) is 5.59. The van der Waals surface area contributed by atoms with Crippen molar-refractivity contribution in [2.45, 2.75) is 33.3 Å². The molecule has 2 unspecified atom stereocenters. The average Bonchev–Trinajstić information content (AvgIpc) is 3.18. The number of hydrogen-bond donors (Lipinski definition) is 0. The summed E-state index contributed by atoms with van der Waals surface area (Å²) in [4.78, 5) is 26.7. The number of guanidine groups is 1. The Labute approximate surface area is 157 Å². The van der Waals surface area contributed by atoms with E-state index in [-0.39, 0.29) is 18.0 Å². The Morgan fingerprint density at radius 1 is 1.37 bits per heavy atom. The highest BCUT2D eigenvalue weighted by molar-refractivity contribution is 5.96. The molecule has 9 nitrogen and oxygen atoms in total. The first kappa shape index (κ1) is 19.1. The number of para-hydroxylation sites is 1. The Balaban J connectivity index is 1.75. The molecule has 2 aliphatic rings. The second-order valence-corrected chi connectivity index (χ2v) is 7.07. The summed E-state index contributed by atoms with van der Waals surface area (Å²) in [6.45, 7) is 7.63. The predicted molar refractivity (Wildman–Crippen MR) is 98.2 cm³/mol. The van der Waals surface area contributed by atoms with Crippen LogP contribution in [0, 0.1) is 29.9 Å². The van der Waals surface area contributed by atoms with Crippen LogP contribution in [-0.4, -0.2) is 59.2 Å². The summed E-state index contributed by atoms with van der Waals surface area (Å²) in [5, 5.41) is 13.7. The number of nitro groups is 1. The van der Waals surface area contributed by atoms with E-state index in [1.807, 2.05) is 39.0 Å². The van der Waals surface area contributed by atoms with Crippen LogP contribution in [-0.2, 0) is 4.74 Å². The first-order chi connectivity index (χ1) is 12.8. The van der Waals surface area contributed by atoms with E-state index in [9.17, 15) is 14.9 Å². The molecule has 27 heavy (non-hydrogen) atoms. The minimum atomic E-state index is -0.777. The van der Waals surface area contributed by atoms with Crippen LogP contribution in [0.4, 0.5) is 4.79 Å². The summed E-state index contributed by atoms with van der Waals surface area (Å²) < 4.78 is 11.1. The number of aryl methyl sites for hydroxylation is 2. The molecule has 0 saturated carbocycles. The van der Waals surface area contributed by atoms with Crippen molar-refractivity contribution in [3.63, 3.8) is 0 Å². The highest BCUT2D eigenvalue weighted by Crippen LogP contribution is 2.25. The zero-order valence-corrected chi connectivity index (χ0v) is 15.8. The van der Waals surface area contributed by atoms with Gasteiger partial charge in [0.25, 0.3) is 5.96 Å². The smallest absolute Gasteiger partial charge is 0.409 e. The number of benzene rings is 1. The maximum absolute atomic E-state index is 12.7. The number of carbonyl (C=O) groups is 1. The minimum absolute atomic E-state index is 0.0239. The second kappa shape index (κ2) is 7.91. The molecule has 0 radical (unpaired) electrons. The van der Waals surface area contributed by atoms with E-state index < -0.39 is 11.1 Å². The van der Waals surface area contributed by atoms with Gasteiger partial charge in [0.2, 0.25) is 0 Å². The Morgan fingerprint density at radius 3 is 2.67 bits per heavy atom. The summed E-state index contributed by atoms with van der Waals surface area (Å²) >= 11 is 0. The monoisotopic (exact) mass is 376 g/mol. The summed E-state index contributed by atoms with van der Waals surface area (Å²) in [6, 6.07) is 5.57. The van der Waals surface area contributed by atoms with Crippen molar-refractivity contribution in [2.24, 2.45) is 11.0 Å². The fourth-order valence-electron chi connectivity index (χ4n) is 3.57. The van der Waals surface area contributed by atoms with E-state index in [1.165, 1.54) is 4.90 Å². The third-order valence-corrected chi connectivity index (χ3v) is 4.87. The van der Waals surface area contributed by atoms with Gasteiger partial charge in [0.05, 0.1) is 19.3 Å². The highest BCUT2D eigenvalue weighted by atomic mass is 16.7. The van der Waals surface area contributed by atoms with Crippen LogP contribution in [0.15, 0.2) is 23.3 Å². The van der Waals surface area contributed by atoms with Crippen molar-refractivity contribution < 1.29 is 19.3 Å². The molecule has 2 heterocycles. The van der Waals surface area contributed by atoms with Gasteiger partial charge in [-0.15, -0.1) is 0 Å². The van der Waals surface area contributed by atoms with E-state index in [0.29, 0.717) is 32.0 Å². The van der Waals surface area contributed by atoms with Crippen LogP contribution < -0.4 is 4.74 Å². The van der Waals surface area contributed by atoms with Crippen LogP contribution in [0.5, 0.6) is 5.75 Å². The van der Waals surface area contributed by atoms with Crippen molar-refractivity contribution in [3.8, 4) is 5.75 Å². The fourth-order valence-corrected chi connectivity index (χ4v) is 3.57. The molecule has 9 heteroatoms. The van der Waals surface area contributed by atoms with Gasteiger partial charge in [-0.1, -0.05) is 18.2 Å². The summed E-state index contributed by atoms with van der Waals surface area (Å²) in [7, 11) is 0. The van der Waals surface area contributed by atoms with Crippen LogP contribution in [0.25, 0.3) is 0 Å². The summed E-state index contributed by atoms with van der Waals surface area (Å²) in [5.74, 6) is 0.752. The van der Waals surface area contributed by atoms with Gasteiger partial charge >= 0.3 is 6.09 Å². The number of carbonyl (C=O) groups excluding carboxylic acids is 1. The third kappa shape index (κ3) is 4.36. The SMILES string of the molecule is Cc1cccc(C)c1OC(=O)N1CCN(CC2COC(C)C2)C1=N[N+](=O)[O-]. The molecule has 0 aliphatic carbocycles. The summed E-state index contributed by atoms with van der Waals surface area (Å²) in [6.07, 6.45) is 0.403. The van der Waals surface area contributed by atoms with Gasteiger partial charge in [-0.3, -0.25) is 0 Å².